The van der Waals surface area contributed by atoms with E-state index in [2.05, 4.69) is 0 Å². The number of hydrogen-bond acceptors (Lipinski definition) is 19. The fraction of sp³-hybridized carbons (Fsp3) is 0.156. The molecule has 51 heavy (non-hydrogen) atoms. The van der Waals surface area contributed by atoms with E-state index in [9.17, 15) is 70.6 Å². The van der Waals surface area contributed by atoms with Crippen LogP contribution in [0.25, 0.3) is 0 Å². The fourth-order valence-corrected chi connectivity index (χ4v) is 4.63. The molecule has 0 saturated carbocycles. The van der Waals surface area contributed by atoms with Crippen LogP contribution in [0.5, 0.6) is 63.2 Å². The van der Waals surface area contributed by atoms with Gasteiger partial charge in [-0.3, -0.25) is 4.74 Å². The lowest BCUT2D eigenvalue weighted by molar-refractivity contribution is -0.317. The number of hydrogen-bond donors (Lipinski definition) is 11. The molecule has 0 aliphatic carbocycles. The van der Waals surface area contributed by atoms with Gasteiger partial charge in [0, 0.05) is 0 Å². The first kappa shape index (κ1) is 35.3. The number of esters is 3. The van der Waals surface area contributed by atoms with Crippen LogP contribution in [0.2, 0.25) is 0 Å². The molecule has 4 aromatic carbocycles. The fourth-order valence-electron chi connectivity index (χ4n) is 4.63. The summed E-state index contributed by atoms with van der Waals surface area (Å²) in [5.41, 5.74) is -1.81. The Morgan fingerprint density at radius 1 is 0.490 bits per heavy atom. The molecule has 19 heteroatoms. The summed E-state index contributed by atoms with van der Waals surface area (Å²) in [6.45, 7) is 0. The third-order valence-corrected chi connectivity index (χ3v) is 7.19. The molecule has 268 valence electrons. The Bertz CT molecular complexity index is 1920. The van der Waals surface area contributed by atoms with E-state index in [0.29, 0.717) is 36.4 Å². The van der Waals surface area contributed by atoms with Gasteiger partial charge in [0.15, 0.2) is 64.0 Å². The lowest BCUT2D eigenvalue weighted by Crippen LogP contribution is -2.62. The molecule has 0 spiro atoms. The number of benzene rings is 4. The second-order valence-corrected chi connectivity index (χ2v) is 10.7. The number of aromatic hydroxyl groups is 10. The monoisotopic (exact) mass is 714 g/mol. The minimum atomic E-state index is -2.31. The van der Waals surface area contributed by atoms with Crippen LogP contribution in [0.3, 0.4) is 0 Å². The number of phenolic OH excluding ortho intramolecular Hbond substituents is 10. The summed E-state index contributed by atoms with van der Waals surface area (Å²) < 4.78 is 27.4. The van der Waals surface area contributed by atoms with E-state index in [1.807, 2.05) is 0 Å². The maximum atomic E-state index is 13.3. The number of aliphatic hydroxyl groups excluding tert-OH is 1. The number of phenols is 10. The summed E-state index contributed by atoms with van der Waals surface area (Å²) in [6.07, 6.45) is -10.8. The normalized spacial score (nSPS) is 19.8. The van der Waals surface area contributed by atoms with Gasteiger partial charge in [0.05, 0.1) is 16.7 Å². The average molecular weight is 715 g/mol. The minimum Gasteiger partial charge on any atom is -0.508 e. The highest BCUT2D eigenvalue weighted by molar-refractivity contribution is 5.93. The average Bonchev–Trinajstić information content (AvgIpc) is 3.08. The molecule has 1 saturated heterocycles. The summed E-state index contributed by atoms with van der Waals surface area (Å²) in [5, 5.41) is 109. The van der Waals surface area contributed by atoms with Gasteiger partial charge in [0.2, 0.25) is 18.7 Å². The first-order chi connectivity index (χ1) is 24.0. The maximum Gasteiger partial charge on any atom is 0.340 e. The summed E-state index contributed by atoms with van der Waals surface area (Å²) in [5.74, 6) is -13.3. The summed E-state index contributed by atoms with van der Waals surface area (Å²) in [4.78, 5) is 39.6. The molecular formula is C32H26O19. The van der Waals surface area contributed by atoms with Crippen molar-refractivity contribution in [1.82, 2.24) is 0 Å². The lowest BCUT2D eigenvalue weighted by atomic mass is 10.0. The van der Waals surface area contributed by atoms with Gasteiger partial charge >= 0.3 is 17.9 Å². The van der Waals surface area contributed by atoms with Crippen molar-refractivity contribution in [3.63, 3.8) is 0 Å². The minimum absolute atomic E-state index is 0.118. The highest BCUT2D eigenvalue weighted by atomic mass is 16.8. The maximum absolute atomic E-state index is 13.3. The molecule has 1 aliphatic rings. The Labute approximate surface area is 283 Å². The molecule has 5 unspecified atom stereocenters. The summed E-state index contributed by atoms with van der Waals surface area (Å²) in [6, 6.07) is 8.80. The zero-order valence-corrected chi connectivity index (χ0v) is 25.3. The molecule has 0 radical (unpaired) electrons. The Morgan fingerprint density at radius 2 is 0.843 bits per heavy atom. The van der Waals surface area contributed by atoms with Gasteiger partial charge in [0.25, 0.3) is 0 Å². The molecule has 5 atom stereocenters. The van der Waals surface area contributed by atoms with Crippen LogP contribution in [0, 0.1) is 0 Å². The van der Waals surface area contributed by atoms with E-state index >= 15 is 0 Å². The predicted molar refractivity (Wildman–Crippen MR) is 162 cm³/mol. The molecule has 5 rings (SSSR count). The van der Waals surface area contributed by atoms with Gasteiger partial charge in [-0.2, -0.15) is 0 Å². The van der Waals surface area contributed by atoms with E-state index < -0.39 is 117 Å². The first-order valence-corrected chi connectivity index (χ1v) is 14.2. The third-order valence-electron chi connectivity index (χ3n) is 7.19. The number of ether oxygens (including phenoxy) is 5. The number of aliphatic hydroxyl groups is 1. The molecule has 11 N–H and O–H groups in total. The zero-order valence-electron chi connectivity index (χ0n) is 25.3. The van der Waals surface area contributed by atoms with Crippen LogP contribution in [0.15, 0.2) is 60.7 Å². The van der Waals surface area contributed by atoms with Crippen LogP contribution < -0.4 is 4.74 Å². The zero-order chi connectivity index (χ0) is 37.3. The Kier molecular flexibility index (Phi) is 9.60. The van der Waals surface area contributed by atoms with Crippen molar-refractivity contribution >= 4 is 17.9 Å². The van der Waals surface area contributed by atoms with Crippen molar-refractivity contribution in [3.05, 3.63) is 77.4 Å². The van der Waals surface area contributed by atoms with Crippen LogP contribution >= 0.6 is 0 Å². The quantitative estimate of drug-likeness (QED) is 0.0699. The molecular weight excluding hydrogens is 688 g/mol. The van der Waals surface area contributed by atoms with Crippen molar-refractivity contribution in [2.75, 3.05) is 0 Å². The van der Waals surface area contributed by atoms with Crippen molar-refractivity contribution in [1.29, 1.82) is 0 Å². The van der Waals surface area contributed by atoms with E-state index in [-0.39, 0.29) is 11.5 Å². The third kappa shape index (κ3) is 7.38. The molecule has 1 aliphatic heterocycles. The van der Waals surface area contributed by atoms with E-state index in [0.717, 1.165) is 0 Å². The topological polar surface area (TPSA) is 320 Å². The van der Waals surface area contributed by atoms with Gasteiger partial charge in [-0.25, -0.2) is 14.4 Å². The van der Waals surface area contributed by atoms with Crippen molar-refractivity contribution in [2.24, 2.45) is 0 Å². The summed E-state index contributed by atoms with van der Waals surface area (Å²) in [7, 11) is 0. The number of rotatable bonds is 8. The Hall–Kier alpha value is -6.99. The van der Waals surface area contributed by atoms with Crippen molar-refractivity contribution in [2.45, 2.75) is 30.9 Å². The highest BCUT2D eigenvalue weighted by Crippen LogP contribution is 2.39. The number of carbonyl (C=O) groups is 3. The van der Waals surface area contributed by atoms with Gasteiger partial charge in [0.1, 0.15) is 11.5 Å². The standard InChI is InChI=1S/C32H26O19/c33-14-1-3-15(4-2-14)47-32-27(49-29(45)12-7-18(36)23(41)19(37)8-12)26(48-28(44)11-5-16(34)22(40)17(35)6-11)25(43)31(51-32)50-30(46)13-9-20(38)24(42)21(39)10-13/h1-10,25-27,31-43H. The largest absolute Gasteiger partial charge is 0.508 e. The lowest BCUT2D eigenvalue weighted by Gasteiger charge is -2.42. The van der Waals surface area contributed by atoms with Gasteiger partial charge in [-0.15, -0.1) is 0 Å². The molecule has 4 aromatic rings. The molecule has 1 fully saturated rings. The molecule has 1 heterocycles. The van der Waals surface area contributed by atoms with Crippen LogP contribution in [0.1, 0.15) is 31.1 Å². The summed E-state index contributed by atoms with van der Waals surface area (Å²) >= 11 is 0. The van der Waals surface area contributed by atoms with E-state index in [1.165, 1.54) is 24.3 Å². The SMILES string of the molecule is O=C(OC1OC(Oc2ccc(O)cc2)C(OC(=O)c2cc(O)c(O)c(O)c2)C(OC(=O)c2cc(O)c(O)c(O)c2)C1O)c1cc(O)c(O)c(O)c1. The first-order valence-electron chi connectivity index (χ1n) is 14.2. The Balaban J connectivity index is 1.56. The van der Waals surface area contributed by atoms with Gasteiger partial charge < -0.3 is 75.1 Å². The van der Waals surface area contributed by atoms with Gasteiger partial charge in [-0.05, 0) is 60.7 Å². The predicted octanol–water partition coefficient (Wildman–Crippen LogP) is 1.47. The molecule has 19 nitrogen and oxygen atoms in total. The van der Waals surface area contributed by atoms with Crippen LogP contribution in [-0.2, 0) is 18.9 Å². The second kappa shape index (κ2) is 13.9. The molecule has 0 bridgehead atoms. The van der Waals surface area contributed by atoms with Gasteiger partial charge in [-0.1, -0.05) is 0 Å². The van der Waals surface area contributed by atoms with Crippen LogP contribution in [-0.4, -0.2) is 105 Å². The Morgan fingerprint density at radius 3 is 1.24 bits per heavy atom. The molecule has 0 amide bonds. The van der Waals surface area contributed by atoms with Crippen molar-refractivity contribution < 1.29 is 94.2 Å². The number of carbonyl (C=O) groups excluding carboxylic acids is 3. The van der Waals surface area contributed by atoms with E-state index in [1.54, 1.807) is 0 Å². The smallest absolute Gasteiger partial charge is 0.340 e. The van der Waals surface area contributed by atoms with Crippen LogP contribution in [0.4, 0.5) is 0 Å². The molecule has 0 aromatic heterocycles. The van der Waals surface area contributed by atoms with E-state index in [4.69, 9.17) is 23.7 Å². The highest BCUT2D eigenvalue weighted by Gasteiger charge is 2.53. The second-order valence-electron chi connectivity index (χ2n) is 10.7. The van der Waals surface area contributed by atoms with Crippen molar-refractivity contribution in [3.8, 4) is 63.2 Å².